The number of thiol groups is 1. The fourth-order valence-electron chi connectivity index (χ4n) is 2.55. The van der Waals surface area contributed by atoms with Crippen molar-refractivity contribution in [2.24, 2.45) is 0 Å². The average Bonchev–Trinajstić information content (AvgIpc) is 3.01. The molecule has 0 amide bonds. The van der Waals surface area contributed by atoms with Crippen LogP contribution in [0.1, 0.15) is 18.2 Å². The normalized spacial score (nSPS) is 25.8. The number of hydrogen-bond donors (Lipinski definition) is 2. The lowest BCUT2D eigenvalue weighted by Crippen LogP contribution is -2.24. The van der Waals surface area contributed by atoms with Crippen molar-refractivity contribution in [3.63, 3.8) is 0 Å². The number of fused-ring (bicyclic) bond motifs is 1. The maximum Gasteiger partial charge on any atom is 0.147 e. The van der Waals surface area contributed by atoms with Crippen molar-refractivity contribution in [2.75, 3.05) is 6.61 Å². The van der Waals surface area contributed by atoms with Crippen LogP contribution in [0.5, 0.6) is 0 Å². The first kappa shape index (κ1) is 15.3. The molecule has 0 radical (unpaired) electrons. The van der Waals surface area contributed by atoms with Crippen molar-refractivity contribution in [1.29, 1.82) is 0 Å². The Bertz CT molecular complexity index is 654. The Labute approximate surface area is 136 Å². The minimum atomic E-state index is -0.628. The third kappa shape index (κ3) is 2.74. The molecule has 114 valence electrons. The predicted octanol–water partition coefficient (Wildman–Crippen LogP) is 2.33. The van der Waals surface area contributed by atoms with Gasteiger partial charge >= 0.3 is 0 Å². The summed E-state index contributed by atoms with van der Waals surface area (Å²) in [7, 11) is 0. The van der Waals surface area contributed by atoms with Gasteiger partial charge in [-0.1, -0.05) is 11.6 Å². The van der Waals surface area contributed by atoms with Gasteiger partial charge in [0.1, 0.15) is 29.5 Å². The summed E-state index contributed by atoms with van der Waals surface area (Å²) in [6, 6.07) is 0. The third-order valence-electron chi connectivity index (χ3n) is 3.54. The van der Waals surface area contributed by atoms with Gasteiger partial charge in [0, 0.05) is 18.5 Å². The first-order valence-electron chi connectivity index (χ1n) is 6.31. The van der Waals surface area contributed by atoms with Crippen molar-refractivity contribution >= 4 is 47.1 Å². The number of ether oxygens (including phenoxy) is 1. The van der Waals surface area contributed by atoms with Gasteiger partial charge in [-0.3, -0.25) is 0 Å². The third-order valence-corrected chi connectivity index (χ3v) is 4.26. The van der Waals surface area contributed by atoms with E-state index >= 15 is 0 Å². The molecule has 1 fully saturated rings. The van der Waals surface area contributed by atoms with Crippen molar-refractivity contribution in [2.45, 2.75) is 30.7 Å². The van der Waals surface area contributed by atoms with Gasteiger partial charge in [0.05, 0.1) is 18.1 Å². The molecule has 21 heavy (non-hydrogen) atoms. The van der Waals surface area contributed by atoms with E-state index < -0.39 is 12.2 Å². The average molecular weight is 350 g/mol. The van der Waals surface area contributed by atoms with Gasteiger partial charge in [0.25, 0.3) is 0 Å². The van der Waals surface area contributed by atoms with E-state index in [0.717, 1.165) is 5.56 Å². The highest BCUT2D eigenvalue weighted by atomic mass is 35.5. The standard InChI is InChI=1S/C12H13Cl2N3O3S/c13-2-6-3-17(12-10(6)11(14)15-5-16-12)9-1-7(18)8(20-9)4-19-21/h3,5,7-9,18,21H,1-2,4H2/t7-,8-,9-/m1/s1. The molecule has 3 atom stereocenters. The van der Waals surface area contributed by atoms with Crippen molar-refractivity contribution in [3.05, 3.63) is 23.2 Å². The highest BCUT2D eigenvalue weighted by Crippen LogP contribution is 2.35. The molecule has 3 rings (SSSR count). The number of aliphatic hydroxyl groups excluding tert-OH is 1. The highest BCUT2D eigenvalue weighted by molar-refractivity contribution is 7.75. The Hall–Kier alpha value is -0.570. The van der Waals surface area contributed by atoms with Crippen LogP contribution in [0.3, 0.4) is 0 Å². The van der Waals surface area contributed by atoms with Gasteiger partial charge in [-0.2, -0.15) is 0 Å². The molecule has 1 saturated heterocycles. The van der Waals surface area contributed by atoms with E-state index in [1.807, 2.05) is 10.8 Å². The summed E-state index contributed by atoms with van der Waals surface area (Å²) in [4.78, 5) is 8.23. The van der Waals surface area contributed by atoms with E-state index in [2.05, 4.69) is 22.9 Å². The summed E-state index contributed by atoms with van der Waals surface area (Å²) in [5.41, 5.74) is 1.46. The van der Waals surface area contributed by atoms with Crippen LogP contribution in [-0.4, -0.2) is 38.5 Å². The van der Waals surface area contributed by atoms with Crippen LogP contribution in [-0.2, 0) is 14.8 Å². The summed E-state index contributed by atoms with van der Waals surface area (Å²) >= 11 is 15.8. The first-order chi connectivity index (χ1) is 10.2. The van der Waals surface area contributed by atoms with Gasteiger partial charge in [-0.25, -0.2) is 9.97 Å². The smallest absolute Gasteiger partial charge is 0.147 e. The summed E-state index contributed by atoms with van der Waals surface area (Å²) in [6.45, 7) is 0.206. The number of alkyl halides is 1. The molecule has 0 bridgehead atoms. The second-order valence-corrected chi connectivity index (χ2v) is 5.67. The molecule has 1 N–H and O–H groups in total. The number of nitrogens with zero attached hydrogens (tertiary/aromatic N) is 3. The van der Waals surface area contributed by atoms with Crippen LogP contribution < -0.4 is 0 Å². The molecule has 2 aromatic rings. The van der Waals surface area contributed by atoms with Gasteiger partial charge in [0.15, 0.2) is 0 Å². The Morgan fingerprint density at radius 2 is 2.33 bits per heavy atom. The summed E-state index contributed by atoms with van der Waals surface area (Å²) < 4.78 is 12.4. The lowest BCUT2D eigenvalue weighted by atomic mass is 10.2. The fraction of sp³-hybridized carbons (Fsp3) is 0.500. The lowest BCUT2D eigenvalue weighted by Gasteiger charge is -2.15. The van der Waals surface area contributed by atoms with Crippen LogP contribution in [0.15, 0.2) is 12.5 Å². The molecule has 3 heterocycles. The Morgan fingerprint density at radius 3 is 3.05 bits per heavy atom. The van der Waals surface area contributed by atoms with E-state index in [9.17, 15) is 5.11 Å². The van der Waals surface area contributed by atoms with Crippen molar-refractivity contribution in [1.82, 2.24) is 14.5 Å². The molecule has 6 nitrogen and oxygen atoms in total. The van der Waals surface area contributed by atoms with Crippen LogP contribution in [0, 0.1) is 0 Å². The number of rotatable bonds is 4. The van der Waals surface area contributed by atoms with Gasteiger partial charge in [-0.05, 0) is 18.5 Å². The molecule has 0 saturated carbocycles. The zero-order valence-corrected chi connectivity index (χ0v) is 13.2. The number of hydrogen-bond acceptors (Lipinski definition) is 6. The minimum Gasteiger partial charge on any atom is -0.390 e. The van der Waals surface area contributed by atoms with E-state index in [-0.39, 0.29) is 18.7 Å². The minimum absolute atomic E-state index is 0.206. The SMILES string of the molecule is O[C@@H]1C[C@H](n2cc(CCl)c3c(Cl)ncnc32)O[C@@H]1COS. The Morgan fingerprint density at radius 1 is 1.52 bits per heavy atom. The monoisotopic (exact) mass is 349 g/mol. The second-order valence-electron chi connectivity index (χ2n) is 4.79. The molecule has 1 aliphatic rings. The van der Waals surface area contributed by atoms with Crippen LogP contribution >= 0.6 is 36.1 Å². The summed E-state index contributed by atoms with van der Waals surface area (Å²) in [5, 5.41) is 11.1. The van der Waals surface area contributed by atoms with Gasteiger partial charge in [0.2, 0.25) is 0 Å². The summed E-state index contributed by atoms with van der Waals surface area (Å²) in [6.07, 6.45) is 2.23. The second kappa shape index (κ2) is 6.28. The van der Waals surface area contributed by atoms with E-state index in [1.54, 1.807) is 0 Å². The zero-order valence-electron chi connectivity index (χ0n) is 10.8. The molecule has 1 aliphatic heterocycles. The van der Waals surface area contributed by atoms with Crippen LogP contribution in [0.25, 0.3) is 11.0 Å². The van der Waals surface area contributed by atoms with E-state index in [1.165, 1.54) is 6.33 Å². The molecule has 0 aliphatic carbocycles. The summed E-state index contributed by atoms with van der Waals surface area (Å²) in [5.74, 6) is 0.287. The number of halogens is 2. The Kier molecular flexibility index (Phi) is 4.58. The van der Waals surface area contributed by atoms with E-state index in [4.69, 9.17) is 32.1 Å². The van der Waals surface area contributed by atoms with Gasteiger partial charge < -0.3 is 18.6 Å². The Balaban J connectivity index is 2.00. The number of aliphatic hydroxyl groups is 1. The maximum absolute atomic E-state index is 10.0. The molecular weight excluding hydrogens is 337 g/mol. The largest absolute Gasteiger partial charge is 0.390 e. The molecule has 0 unspecified atom stereocenters. The molecule has 0 spiro atoms. The zero-order chi connectivity index (χ0) is 15.0. The molecule has 2 aromatic heterocycles. The number of aromatic nitrogens is 3. The van der Waals surface area contributed by atoms with E-state index in [0.29, 0.717) is 22.6 Å². The molecular formula is C12H13Cl2N3O3S. The topological polar surface area (TPSA) is 69.4 Å². The molecule has 9 heteroatoms. The van der Waals surface area contributed by atoms with Crippen molar-refractivity contribution in [3.8, 4) is 0 Å². The molecule has 0 aromatic carbocycles. The maximum atomic E-state index is 10.0. The quantitative estimate of drug-likeness (QED) is 0.383. The van der Waals surface area contributed by atoms with Crippen LogP contribution in [0.4, 0.5) is 0 Å². The predicted molar refractivity (Wildman–Crippen MR) is 81.6 cm³/mol. The first-order valence-corrected chi connectivity index (χ1v) is 7.59. The van der Waals surface area contributed by atoms with Crippen molar-refractivity contribution < 1.29 is 14.0 Å². The highest BCUT2D eigenvalue weighted by Gasteiger charge is 2.36. The lowest BCUT2D eigenvalue weighted by molar-refractivity contribution is -0.0345. The van der Waals surface area contributed by atoms with Crippen LogP contribution in [0.2, 0.25) is 5.15 Å². The fourth-order valence-corrected chi connectivity index (χ4v) is 3.15. The van der Waals surface area contributed by atoms with Gasteiger partial charge in [-0.15, -0.1) is 11.6 Å².